The third-order valence-corrected chi connectivity index (χ3v) is 7.69. The predicted molar refractivity (Wildman–Crippen MR) is 110 cm³/mol. The maximum Gasteiger partial charge on any atom is 0.340 e. The van der Waals surface area contributed by atoms with E-state index in [0.29, 0.717) is 28.5 Å². The van der Waals surface area contributed by atoms with Crippen molar-refractivity contribution in [2.75, 3.05) is 18.6 Å². The van der Waals surface area contributed by atoms with Gasteiger partial charge in [-0.1, -0.05) is 0 Å². The van der Waals surface area contributed by atoms with Crippen LogP contribution in [0.15, 0.2) is 26.0 Å². The van der Waals surface area contributed by atoms with Gasteiger partial charge in [0.25, 0.3) is 0 Å². The summed E-state index contributed by atoms with van der Waals surface area (Å²) in [6.45, 7) is 5.67. The molecule has 0 spiro atoms. The van der Waals surface area contributed by atoms with Crippen LogP contribution in [0.5, 0.6) is 0 Å². The van der Waals surface area contributed by atoms with E-state index in [2.05, 4.69) is 0 Å². The number of hydrogen-bond acceptors (Lipinski definition) is 6. The minimum atomic E-state index is -3.10. The van der Waals surface area contributed by atoms with Crippen molar-refractivity contribution in [3.63, 3.8) is 0 Å². The number of carbonyl (C=O) groups excluding carboxylic acids is 1. The fourth-order valence-corrected chi connectivity index (χ4v) is 6.01. The first kappa shape index (κ1) is 19.7. The van der Waals surface area contributed by atoms with Gasteiger partial charge in [0.15, 0.2) is 9.84 Å². The van der Waals surface area contributed by atoms with Crippen molar-refractivity contribution >= 4 is 37.7 Å². The van der Waals surface area contributed by atoms with Gasteiger partial charge >= 0.3 is 5.63 Å². The molecule has 1 saturated heterocycles. The Kier molecular flexibility index (Phi) is 4.57. The van der Waals surface area contributed by atoms with Crippen LogP contribution in [0.4, 0.5) is 0 Å². The fraction of sp³-hybridized carbons (Fsp3) is 0.429. The van der Waals surface area contributed by atoms with Gasteiger partial charge in [-0.3, -0.25) is 4.79 Å². The van der Waals surface area contributed by atoms with Gasteiger partial charge in [-0.2, -0.15) is 0 Å². The number of nitrogens with zero attached hydrogens (tertiary/aromatic N) is 1. The van der Waals surface area contributed by atoms with Crippen molar-refractivity contribution in [2.24, 2.45) is 0 Å². The Morgan fingerprint density at radius 1 is 1.21 bits per heavy atom. The molecular formula is C21H23NO6S. The van der Waals surface area contributed by atoms with E-state index in [1.165, 1.54) is 4.90 Å². The van der Waals surface area contributed by atoms with Crippen molar-refractivity contribution < 1.29 is 22.0 Å². The molecule has 3 aromatic rings. The second-order valence-electron chi connectivity index (χ2n) is 7.92. The molecule has 29 heavy (non-hydrogen) atoms. The largest absolute Gasteiger partial charge is 0.463 e. The molecule has 1 aliphatic rings. The van der Waals surface area contributed by atoms with Gasteiger partial charge in [-0.15, -0.1) is 0 Å². The molecule has 8 heteroatoms. The molecule has 1 atom stereocenters. The Balaban J connectivity index is 1.76. The summed E-state index contributed by atoms with van der Waals surface area (Å²) in [4.78, 5) is 26.9. The number of aryl methyl sites for hydroxylation is 3. The number of hydrogen-bond donors (Lipinski definition) is 0. The van der Waals surface area contributed by atoms with E-state index in [9.17, 15) is 18.0 Å². The minimum Gasteiger partial charge on any atom is -0.463 e. The highest BCUT2D eigenvalue weighted by Crippen LogP contribution is 2.34. The van der Waals surface area contributed by atoms with Crippen LogP contribution in [0.3, 0.4) is 0 Å². The van der Waals surface area contributed by atoms with Crippen molar-refractivity contribution in [1.82, 2.24) is 4.90 Å². The van der Waals surface area contributed by atoms with Crippen molar-refractivity contribution in [2.45, 2.75) is 39.7 Å². The average Bonchev–Trinajstić information content (AvgIpc) is 3.20. The molecule has 1 aliphatic heterocycles. The summed E-state index contributed by atoms with van der Waals surface area (Å²) in [5.74, 6) is -0.255. The molecule has 1 fully saturated rings. The first-order valence-corrected chi connectivity index (χ1v) is 11.3. The molecule has 2 aromatic heterocycles. The van der Waals surface area contributed by atoms with E-state index >= 15 is 0 Å². The normalized spacial score (nSPS) is 18.6. The van der Waals surface area contributed by atoms with Gasteiger partial charge in [0.1, 0.15) is 11.2 Å². The van der Waals surface area contributed by atoms with Crippen LogP contribution in [-0.2, 0) is 21.1 Å². The van der Waals surface area contributed by atoms with Crippen LogP contribution >= 0.6 is 0 Å². The van der Waals surface area contributed by atoms with E-state index in [1.54, 1.807) is 20.2 Å². The Hall–Kier alpha value is -2.61. The molecule has 0 saturated carbocycles. The van der Waals surface area contributed by atoms with E-state index in [4.69, 9.17) is 8.83 Å². The summed E-state index contributed by atoms with van der Waals surface area (Å²) in [6.07, 6.45) is 1.94. The third-order valence-electron chi connectivity index (χ3n) is 5.94. The number of carbonyl (C=O) groups is 1. The Morgan fingerprint density at radius 3 is 2.59 bits per heavy atom. The predicted octanol–water partition coefficient (Wildman–Crippen LogP) is 2.65. The molecule has 154 valence electrons. The van der Waals surface area contributed by atoms with Gasteiger partial charge in [-0.05, 0) is 49.9 Å². The Morgan fingerprint density at radius 2 is 1.93 bits per heavy atom. The molecule has 3 heterocycles. The first-order valence-electron chi connectivity index (χ1n) is 9.49. The highest BCUT2D eigenvalue weighted by molar-refractivity contribution is 7.91. The van der Waals surface area contributed by atoms with Crippen LogP contribution < -0.4 is 5.63 Å². The Bertz CT molecular complexity index is 1310. The smallest absolute Gasteiger partial charge is 0.340 e. The van der Waals surface area contributed by atoms with Crippen LogP contribution in [0.2, 0.25) is 0 Å². The lowest BCUT2D eigenvalue weighted by Crippen LogP contribution is -2.39. The standard InChI is InChI=1S/C21H23NO6S/c1-11-7-16-19(20-18(11)12(2)9-27-20)13(3)15(21(24)28-16)8-17(23)22(4)14-5-6-29(25,26)10-14/h7,9,14H,5-6,8,10H2,1-4H3/t14-/m1/s1. The quantitative estimate of drug-likeness (QED) is 0.608. The fourth-order valence-electron chi connectivity index (χ4n) is 4.24. The van der Waals surface area contributed by atoms with E-state index in [0.717, 1.165) is 16.5 Å². The van der Waals surface area contributed by atoms with Crippen LogP contribution in [-0.4, -0.2) is 43.8 Å². The summed E-state index contributed by atoms with van der Waals surface area (Å²) in [6, 6.07) is 1.46. The summed E-state index contributed by atoms with van der Waals surface area (Å²) >= 11 is 0. The van der Waals surface area contributed by atoms with Gasteiger partial charge in [0.05, 0.1) is 35.1 Å². The molecule has 0 bridgehead atoms. The first-order chi connectivity index (χ1) is 13.6. The van der Waals surface area contributed by atoms with Gasteiger partial charge in [0, 0.05) is 18.5 Å². The molecule has 4 rings (SSSR count). The number of benzene rings is 1. The number of sulfone groups is 1. The zero-order valence-corrected chi connectivity index (χ0v) is 17.7. The molecule has 0 radical (unpaired) electrons. The SMILES string of the molecule is Cc1coc2c1c(C)cc1oc(=O)c(CC(=O)N(C)[C@@H]3CCS(=O)(=O)C3)c(C)c12. The van der Waals surface area contributed by atoms with Gasteiger partial charge in [-0.25, -0.2) is 13.2 Å². The number of amides is 1. The summed E-state index contributed by atoms with van der Waals surface area (Å²) in [5.41, 5.74) is 3.38. The molecule has 1 aromatic carbocycles. The topological polar surface area (TPSA) is 97.8 Å². The van der Waals surface area contributed by atoms with Crippen molar-refractivity contribution in [3.05, 3.63) is 45.0 Å². The van der Waals surface area contributed by atoms with E-state index in [1.807, 2.05) is 19.9 Å². The Labute approximate surface area is 168 Å². The number of fused-ring (bicyclic) bond motifs is 3. The summed E-state index contributed by atoms with van der Waals surface area (Å²) in [5, 5.41) is 1.66. The van der Waals surface area contributed by atoms with Crippen molar-refractivity contribution in [3.8, 4) is 0 Å². The van der Waals surface area contributed by atoms with E-state index in [-0.39, 0.29) is 35.4 Å². The number of rotatable bonds is 3. The minimum absolute atomic E-state index is 0.0356. The zero-order valence-electron chi connectivity index (χ0n) is 16.9. The maximum absolute atomic E-state index is 12.8. The number of furan rings is 1. The van der Waals surface area contributed by atoms with Crippen LogP contribution in [0.1, 0.15) is 28.7 Å². The highest BCUT2D eigenvalue weighted by atomic mass is 32.2. The molecule has 1 amide bonds. The maximum atomic E-state index is 12.8. The molecule has 0 unspecified atom stereocenters. The lowest BCUT2D eigenvalue weighted by Gasteiger charge is -2.23. The van der Waals surface area contributed by atoms with Gasteiger partial charge in [0.2, 0.25) is 5.91 Å². The number of likely N-dealkylation sites (N-methyl/N-ethyl adjacent to an activating group) is 1. The third kappa shape index (κ3) is 3.25. The monoisotopic (exact) mass is 417 g/mol. The highest BCUT2D eigenvalue weighted by Gasteiger charge is 2.33. The second kappa shape index (κ2) is 6.73. The lowest BCUT2D eigenvalue weighted by molar-refractivity contribution is -0.130. The van der Waals surface area contributed by atoms with E-state index < -0.39 is 15.5 Å². The molecular weight excluding hydrogens is 394 g/mol. The second-order valence-corrected chi connectivity index (χ2v) is 10.1. The van der Waals surface area contributed by atoms with Gasteiger partial charge < -0.3 is 13.7 Å². The van der Waals surface area contributed by atoms with Crippen molar-refractivity contribution in [1.29, 1.82) is 0 Å². The average molecular weight is 417 g/mol. The summed E-state index contributed by atoms with van der Waals surface area (Å²) < 4.78 is 34.7. The molecule has 7 nitrogen and oxygen atoms in total. The van der Waals surface area contributed by atoms with Crippen LogP contribution in [0, 0.1) is 20.8 Å². The zero-order chi connectivity index (χ0) is 21.1. The lowest BCUT2D eigenvalue weighted by atomic mass is 9.98. The van der Waals surface area contributed by atoms with Crippen LogP contribution in [0.25, 0.3) is 21.9 Å². The molecule has 0 aliphatic carbocycles. The summed E-state index contributed by atoms with van der Waals surface area (Å²) in [7, 11) is -1.52. The molecule has 0 N–H and O–H groups in total.